The van der Waals surface area contributed by atoms with Gasteiger partial charge in [0.05, 0.1) is 0 Å². The second kappa shape index (κ2) is 7.72. The number of aromatic hydroxyl groups is 1. The number of piperazine rings is 1. The third-order valence-corrected chi connectivity index (χ3v) is 4.86. The highest BCUT2D eigenvalue weighted by Crippen LogP contribution is 2.27. The fourth-order valence-electron chi connectivity index (χ4n) is 3.34. The van der Waals surface area contributed by atoms with E-state index in [1.807, 2.05) is 18.2 Å². The number of halogens is 1. The van der Waals surface area contributed by atoms with Gasteiger partial charge in [-0.3, -0.25) is 4.90 Å². The molecule has 1 aliphatic heterocycles. The Morgan fingerprint density at radius 3 is 2.26 bits per heavy atom. The van der Waals surface area contributed by atoms with Crippen LogP contribution in [0.15, 0.2) is 60.9 Å². The summed E-state index contributed by atoms with van der Waals surface area (Å²) in [5.74, 6) is 0.797. The average molecular weight is 364 g/mol. The van der Waals surface area contributed by atoms with Gasteiger partial charge >= 0.3 is 0 Å². The minimum atomic E-state index is -0.252. The van der Waals surface area contributed by atoms with Crippen molar-refractivity contribution in [1.29, 1.82) is 0 Å². The minimum absolute atomic E-state index is 0.252. The molecule has 0 unspecified atom stereocenters. The van der Waals surface area contributed by atoms with E-state index in [-0.39, 0.29) is 11.6 Å². The lowest BCUT2D eigenvalue weighted by atomic mass is 10.0. The van der Waals surface area contributed by atoms with Gasteiger partial charge in [-0.15, -0.1) is 0 Å². The standard InChI is InChI=1S/C21H21FN4O/c22-19-5-2-16(3-6-19)17-4-7-20(27)18(14-17)15-25-10-12-26(13-11-25)21-23-8-1-9-24-21/h1-9,14,27H,10-13,15H2. The summed E-state index contributed by atoms with van der Waals surface area (Å²) in [6.07, 6.45) is 3.52. The van der Waals surface area contributed by atoms with Crippen LogP contribution in [-0.4, -0.2) is 46.2 Å². The van der Waals surface area contributed by atoms with Crippen LogP contribution in [0.1, 0.15) is 5.56 Å². The van der Waals surface area contributed by atoms with Gasteiger partial charge in [-0.1, -0.05) is 18.2 Å². The smallest absolute Gasteiger partial charge is 0.225 e. The second-order valence-electron chi connectivity index (χ2n) is 6.66. The van der Waals surface area contributed by atoms with Crippen molar-refractivity contribution in [2.24, 2.45) is 0 Å². The van der Waals surface area contributed by atoms with Crippen molar-refractivity contribution in [1.82, 2.24) is 14.9 Å². The first kappa shape index (κ1) is 17.4. The number of benzene rings is 2. The van der Waals surface area contributed by atoms with E-state index in [2.05, 4.69) is 19.8 Å². The largest absolute Gasteiger partial charge is 0.508 e. The molecule has 6 heteroatoms. The zero-order chi connectivity index (χ0) is 18.6. The molecule has 0 bridgehead atoms. The molecule has 0 atom stereocenters. The first-order valence-corrected chi connectivity index (χ1v) is 9.01. The van der Waals surface area contributed by atoms with E-state index in [1.54, 1.807) is 30.6 Å². The zero-order valence-electron chi connectivity index (χ0n) is 14.9. The summed E-state index contributed by atoms with van der Waals surface area (Å²) in [4.78, 5) is 13.1. The summed E-state index contributed by atoms with van der Waals surface area (Å²) in [5.41, 5.74) is 2.78. The molecule has 27 heavy (non-hydrogen) atoms. The number of anilines is 1. The molecule has 2 aromatic carbocycles. The van der Waals surface area contributed by atoms with E-state index in [9.17, 15) is 9.50 Å². The Hall–Kier alpha value is -2.99. The number of aromatic nitrogens is 2. The molecule has 4 rings (SSSR count). The molecule has 1 N–H and O–H groups in total. The van der Waals surface area contributed by atoms with Gasteiger partial charge in [-0.05, 0) is 41.5 Å². The first-order valence-electron chi connectivity index (χ1n) is 9.01. The SMILES string of the molecule is Oc1ccc(-c2ccc(F)cc2)cc1CN1CCN(c2ncccn2)CC1. The summed E-state index contributed by atoms with van der Waals surface area (Å²) >= 11 is 0. The third-order valence-electron chi connectivity index (χ3n) is 4.86. The normalized spacial score (nSPS) is 15.1. The quantitative estimate of drug-likeness (QED) is 0.770. The Balaban J connectivity index is 1.44. The van der Waals surface area contributed by atoms with Gasteiger partial charge in [-0.2, -0.15) is 0 Å². The molecular formula is C21H21FN4O. The van der Waals surface area contributed by atoms with Crippen LogP contribution in [-0.2, 0) is 6.54 Å². The van der Waals surface area contributed by atoms with Gasteiger partial charge in [0.15, 0.2) is 0 Å². The van der Waals surface area contributed by atoms with E-state index < -0.39 is 0 Å². The zero-order valence-corrected chi connectivity index (χ0v) is 14.9. The molecule has 2 heterocycles. The molecule has 1 aromatic heterocycles. The van der Waals surface area contributed by atoms with Crippen molar-refractivity contribution in [3.8, 4) is 16.9 Å². The monoisotopic (exact) mass is 364 g/mol. The van der Waals surface area contributed by atoms with Crippen molar-refractivity contribution < 1.29 is 9.50 Å². The van der Waals surface area contributed by atoms with Crippen molar-refractivity contribution in [3.05, 3.63) is 72.3 Å². The van der Waals surface area contributed by atoms with Crippen LogP contribution in [0.25, 0.3) is 11.1 Å². The predicted octanol–water partition coefficient (Wildman–Crippen LogP) is 3.31. The Bertz CT molecular complexity index is 894. The minimum Gasteiger partial charge on any atom is -0.508 e. The molecule has 5 nitrogen and oxygen atoms in total. The first-order chi connectivity index (χ1) is 13.2. The number of hydrogen-bond donors (Lipinski definition) is 1. The topological polar surface area (TPSA) is 52.5 Å². The maximum absolute atomic E-state index is 13.1. The van der Waals surface area contributed by atoms with Crippen molar-refractivity contribution in [2.45, 2.75) is 6.54 Å². The molecular weight excluding hydrogens is 343 g/mol. The second-order valence-corrected chi connectivity index (χ2v) is 6.66. The van der Waals surface area contributed by atoms with Crippen LogP contribution in [0, 0.1) is 5.82 Å². The highest BCUT2D eigenvalue weighted by atomic mass is 19.1. The fraction of sp³-hybridized carbons (Fsp3) is 0.238. The van der Waals surface area contributed by atoms with Gasteiger partial charge < -0.3 is 10.0 Å². The lowest BCUT2D eigenvalue weighted by Gasteiger charge is -2.34. The van der Waals surface area contributed by atoms with Crippen molar-refractivity contribution in [3.63, 3.8) is 0 Å². The number of hydrogen-bond acceptors (Lipinski definition) is 5. The van der Waals surface area contributed by atoms with Gasteiger partial charge in [0.2, 0.25) is 5.95 Å². The molecule has 1 fully saturated rings. The van der Waals surface area contributed by atoms with Crippen LogP contribution in [0.3, 0.4) is 0 Å². The molecule has 0 saturated carbocycles. The Morgan fingerprint density at radius 1 is 0.889 bits per heavy atom. The van der Waals surface area contributed by atoms with E-state index in [4.69, 9.17) is 0 Å². The Morgan fingerprint density at radius 2 is 1.56 bits per heavy atom. The lowest BCUT2D eigenvalue weighted by molar-refractivity contribution is 0.245. The van der Waals surface area contributed by atoms with E-state index >= 15 is 0 Å². The number of rotatable bonds is 4. The molecule has 138 valence electrons. The number of phenols is 1. The molecule has 0 amide bonds. The number of nitrogens with zero attached hydrogens (tertiary/aromatic N) is 4. The molecule has 0 spiro atoms. The predicted molar refractivity (Wildman–Crippen MR) is 103 cm³/mol. The molecule has 1 aliphatic rings. The highest BCUT2D eigenvalue weighted by molar-refractivity contribution is 5.65. The van der Waals surface area contributed by atoms with Gasteiger partial charge in [0.1, 0.15) is 11.6 Å². The lowest BCUT2D eigenvalue weighted by Crippen LogP contribution is -2.46. The summed E-state index contributed by atoms with van der Waals surface area (Å²) in [6.45, 7) is 4.12. The maximum atomic E-state index is 13.1. The van der Waals surface area contributed by atoms with Crippen molar-refractivity contribution >= 4 is 5.95 Å². The van der Waals surface area contributed by atoms with E-state index in [0.717, 1.165) is 48.8 Å². The Kier molecular flexibility index (Phi) is 4.98. The summed E-state index contributed by atoms with van der Waals surface area (Å²) in [6, 6.07) is 13.8. The van der Waals surface area contributed by atoms with Gasteiger partial charge in [-0.25, -0.2) is 14.4 Å². The molecule has 1 saturated heterocycles. The van der Waals surface area contributed by atoms with Crippen LogP contribution in [0.2, 0.25) is 0 Å². The van der Waals surface area contributed by atoms with E-state index in [0.29, 0.717) is 6.54 Å². The van der Waals surface area contributed by atoms with Gasteiger partial charge in [0, 0.05) is 50.7 Å². The molecule has 0 aliphatic carbocycles. The third kappa shape index (κ3) is 4.06. The maximum Gasteiger partial charge on any atom is 0.225 e. The highest BCUT2D eigenvalue weighted by Gasteiger charge is 2.19. The Labute approximate surface area is 157 Å². The summed E-state index contributed by atoms with van der Waals surface area (Å²) in [5, 5.41) is 10.3. The number of phenolic OH excluding ortho intramolecular Hbond substituents is 1. The van der Waals surface area contributed by atoms with Crippen LogP contribution in [0.5, 0.6) is 5.75 Å². The summed E-state index contributed by atoms with van der Waals surface area (Å²) in [7, 11) is 0. The summed E-state index contributed by atoms with van der Waals surface area (Å²) < 4.78 is 13.1. The van der Waals surface area contributed by atoms with E-state index in [1.165, 1.54) is 12.1 Å². The average Bonchev–Trinajstić information content (AvgIpc) is 2.71. The fourth-order valence-corrected chi connectivity index (χ4v) is 3.34. The van der Waals surface area contributed by atoms with Crippen LogP contribution >= 0.6 is 0 Å². The molecule has 3 aromatic rings. The van der Waals surface area contributed by atoms with Crippen molar-refractivity contribution in [2.75, 3.05) is 31.1 Å². The van der Waals surface area contributed by atoms with Gasteiger partial charge in [0.25, 0.3) is 0 Å². The van der Waals surface area contributed by atoms with Crippen LogP contribution < -0.4 is 4.90 Å². The molecule has 0 radical (unpaired) electrons. The van der Waals surface area contributed by atoms with Crippen LogP contribution in [0.4, 0.5) is 10.3 Å².